The molecule has 0 aromatic heterocycles. The molecular weight excluding hydrogens is 420 g/mol. The number of hydrogen-bond donors (Lipinski definition) is 1. The van der Waals surface area contributed by atoms with Crippen LogP contribution in [0.4, 0.5) is 11.4 Å². The van der Waals surface area contributed by atoms with Gasteiger partial charge in [0.05, 0.1) is 32.1 Å². The summed E-state index contributed by atoms with van der Waals surface area (Å²) in [5.41, 5.74) is 1.98. The van der Waals surface area contributed by atoms with Gasteiger partial charge in [0.25, 0.3) is 11.8 Å². The normalized spacial score (nSPS) is 13.4. The molecule has 1 heterocycles. The molecule has 168 valence electrons. The first-order valence-electron chi connectivity index (χ1n) is 10.5. The van der Waals surface area contributed by atoms with Crippen LogP contribution in [0.5, 0.6) is 17.2 Å². The number of imide groups is 1. The molecule has 0 atom stereocenters. The van der Waals surface area contributed by atoms with Gasteiger partial charge in [0, 0.05) is 17.3 Å². The third-order valence-electron chi connectivity index (χ3n) is 5.21. The summed E-state index contributed by atoms with van der Waals surface area (Å²) in [6.45, 7) is 2.41. The number of carbonyl (C=O) groups is 2. The van der Waals surface area contributed by atoms with Gasteiger partial charge in [-0.1, -0.05) is 24.3 Å². The van der Waals surface area contributed by atoms with E-state index in [1.807, 2.05) is 13.0 Å². The summed E-state index contributed by atoms with van der Waals surface area (Å²) < 4.78 is 16.2. The molecule has 33 heavy (non-hydrogen) atoms. The molecule has 0 fully saturated rings. The quantitative estimate of drug-likeness (QED) is 0.516. The van der Waals surface area contributed by atoms with Crippen LogP contribution < -0.4 is 24.4 Å². The van der Waals surface area contributed by atoms with Crippen LogP contribution in [-0.4, -0.2) is 32.6 Å². The lowest BCUT2D eigenvalue weighted by Gasteiger charge is -2.16. The lowest BCUT2D eigenvalue weighted by atomic mass is 10.0. The molecule has 0 bridgehead atoms. The summed E-state index contributed by atoms with van der Waals surface area (Å²) in [5.74, 6) is 0.867. The van der Waals surface area contributed by atoms with E-state index in [0.717, 1.165) is 4.90 Å². The van der Waals surface area contributed by atoms with Gasteiger partial charge in [0.2, 0.25) is 0 Å². The maximum atomic E-state index is 13.6. The first-order valence-corrected chi connectivity index (χ1v) is 10.5. The Bertz CT molecular complexity index is 1220. The van der Waals surface area contributed by atoms with Gasteiger partial charge in [0.1, 0.15) is 22.9 Å². The number of ether oxygens (including phenoxy) is 3. The number of para-hydroxylation sites is 1. The molecule has 7 heteroatoms. The van der Waals surface area contributed by atoms with Crippen LogP contribution in [-0.2, 0) is 9.59 Å². The lowest BCUT2D eigenvalue weighted by Crippen LogP contribution is -2.32. The Morgan fingerprint density at radius 1 is 0.818 bits per heavy atom. The fraction of sp³-hybridized carbons (Fsp3) is 0.154. The summed E-state index contributed by atoms with van der Waals surface area (Å²) in [5, 5.41) is 3.13. The van der Waals surface area contributed by atoms with Crippen LogP contribution in [0.1, 0.15) is 12.5 Å². The third kappa shape index (κ3) is 4.25. The summed E-state index contributed by atoms with van der Waals surface area (Å²) in [6, 6.07) is 21.1. The van der Waals surface area contributed by atoms with Crippen molar-refractivity contribution >= 4 is 28.8 Å². The van der Waals surface area contributed by atoms with Gasteiger partial charge in [-0.05, 0) is 49.4 Å². The molecule has 1 aliphatic heterocycles. The van der Waals surface area contributed by atoms with Crippen molar-refractivity contribution < 1.29 is 23.8 Å². The van der Waals surface area contributed by atoms with Crippen molar-refractivity contribution in [3.8, 4) is 17.2 Å². The number of methoxy groups -OCH3 is 2. The maximum Gasteiger partial charge on any atom is 0.282 e. The Morgan fingerprint density at radius 3 is 2.27 bits per heavy atom. The van der Waals surface area contributed by atoms with Crippen LogP contribution in [0.3, 0.4) is 0 Å². The van der Waals surface area contributed by atoms with E-state index in [2.05, 4.69) is 5.32 Å². The number of carbonyl (C=O) groups excluding carboxylic acids is 2. The second-order valence-electron chi connectivity index (χ2n) is 7.18. The largest absolute Gasteiger partial charge is 0.497 e. The Morgan fingerprint density at radius 2 is 1.58 bits per heavy atom. The van der Waals surface area contributed by atoms with Crippen molar-refractivity contribution in [2.75, 3.05) is 31.0 Å². The monoisotopic (exact) mass is 444 g/mol. The Labute approximate surface area is 192 Å². The molecule has 2 amide bonds. The van der Waals surface area contributed by atoms with E-state index in [1.165, 1.54) is 7.11 Å². The molecule has 0 radical (unpaired) electrons. The minimum atomic E-state index is -0.465. The average molecular weight is 444 g/mol. The standard InChI is InChI=1S/C26H24N2O5/c1-4-33-19-14-12-18(13-15-19)28-25(29)23(21-10-5-6-11-22(21)32-3)24(26(28)30)27-17-8-7-9-20(16-17)31-2/h5-16,27H,4H2,1-3H3. The molecule has 0 spiro atoms. The van der Waals surface area contributed by atoms with Crippen LogP contribution in [0, 0.1) is 0 Å². The minimum absolute atomic E-state index is 0.159. The van der Waals surface area contributed by atoms with Gasteiger partial charge in [-0.2, -0.15) is 0 Å². The van der Waals surface area contributed by atoms with Gasteiger partial charge in [-0.3, -0.25) is 9.59 Å². The highest BCUT2D eigenvalue weighted by Gasteiger charge is 2.41. The Balaban J connectivity index is 1.80. The first-order chi connectivity index (χ1) is 16.1. The van der Waals surface area contributed by atoms with Crippen molar-refractivity contribution in [1.82, 2.24) is 0 Å². The molecule has 4 rings (SSSR count). The van der Waals surface area contributed by atoms with Crippen LogP contribution in [0.25, 0.3) is 5.57 Å². The number of anilines is 2. The highest BCUT2D eigenvalue weighted by Crippen LogP contribution is 2.38. The smallest absolute Gasteiger partial charge is 0.282 e. The molecule has 7 nitrogen and oxygen atoms in total. The minimum Gasteiger partial charge on any atom is -0.497 e. The number of amides is 2. The van der Waals surface area contributed by atoms with Crippen molar-refractivity contribution in [3.63, 3.8) is 0 Å². The van der Waals surface area contributed by atoms with E-state index >= 15 is 0 Å². The van der Waals surface area contributed by atoms with Crippen molar-refractivity contribution in [3.05, 3.63) is 84.1 Å². The molecule has 1 N–H and O–H groups in total. The maximum absolute atomic E-state index is 13.6. The Hall–Kier alpha value is -4.26. The number of hydrogen-bond acceptors (Lipinski definition) is 6. The molecule has 0 saturated heterocycles. The summed E-state index contributed by atoms with van der Waals surface area (Å²) >= 11 is 0. The number of nitrogens with zero attached hydrogens (tertiary/aromatic N) is 1. The third-order valence-corrected chi connectivity index (χ3v) is 5.21. The fourth-order valence-corrected chi connectivity index (χ4v) is 3.68. The molecule has 0 aliphatic carbocycles. The zero-order valence-corrected chi connectivity index (χ0v) is 18.6. The second kappa shape index (κ2) is 9.48. The molecule has 3 aromatic rings. The van der Waals surface area contributed by atoms with Crippen molar-refractivity contribution in [2.45, 2.75) is 6.92 Å². The second-order valence-corrected chi connectivity index (χ2v) is 7.18. The van der Waals surface area contributed by atoms with E-state index in [-0.39, 0.29) is 11.3 Å². The Kier molecular flexibility index (Phi) is 6.31. The molecule has 1 aliphatic rings. The van der Waals surface area contributed by atoms with Crippen molar-refractivity contribution in [1.29, 1.82) is 0 Å². The highest BCUT2D eigenvalue weighted by molar-refractivity contribution is 6.46. The predicted molar refractivity (Wildman–Crippen MR) is 127 cm³/mol. The van der Waals surface area contributed by atoms with Gasteiger partial charge in [-0.25, -0.2) is 4.90 Å². The number of rotatable bonds is 8. The lowest BCUT2D eigenvalue weighted by molar-refractivity contribution is -0.120. The van der Waals surface area contributed by atoms with Crippen molar-refractivity contribution in [2.24, 2.45) is 0 Å². The van der Waals surface area contributed by atoms with Gasteiger partial charge in [0.15, 0.2) is 0 Å². The molecule has 3 aromatic carbocycles. The van der Waals surface area contributed by atoms with E-state index in [1.54, 1.807) is 73.8 Å². The van der Waals surface area contributed by atoms with Crippen LogP contribution >= 0.6 is 0 Å². The number of benzene rings is 3. The zero-order chi connectivity index (χ0) is 23.4. The van der Waals surface area contributed by atoms with Gasteiger partial charge < -0.3 is 19.5 Å². The van der Waals surface area contributed by atoms with E-state index in [0.29, 0.717) is 40.8 Å². The molecular formula is C26H24N2O5. The van der Waals surface area contributed by atoms with E-state index < -0.39 is 11.8 Å². The van der Waals surface area contributed by atoms with Crippen LogP contribution in [0.15, 0.2) is 78.5 Å². The number of nitrogens with one attached hydrogen (secondary N) is 1. The van der Waals surface area contributed by atoms with E-state index in [9.17, 15) is 9.59 Å². The average Bonchev–Trinajstić information content (AvgIpc) is 3.09. The van der Waals surface area contributed by atoms with Gasteiger partial charge in [-0.15, -0.1) is 0 Å². The van der Waals surface area contributed by atoms with E-state index in [4.69, 9.17) is 14.2 Å². The predicted octanol–water partition coefficient (Wildman–Crippen LogP) is 4.50. The highest BCUT2D eigenvalue weighted by atomic mass is 16.5. The summed E-state index contributed by atoms with van der Waals surface area (Å²) in [7, 11) is 3.09. The van der Waals surface area contributed by atoms with Crippen LogP contribution in [0.2, 0.25) is 0 Å². The first kappa shape index (κ1) is 22.0. The summed E-state index contributed by atoms with van der Waals surface area (Å²) in [4.78, 5) is 28.3. The zero-order valence-electron chi connectivity index (χ0n) is 18.6. The van der Waals surface area contributed by atoms with Gasteiger partial charge >= 0.3 is 0 Å². The topological polar surface area (TPSA) is 77.1 Å². The SMILES string of the molecule is CCOc1ccc(N2C(=O)C(Nc3cccc(OC)c3)=C(c3ccccc3OC)C2=O)cc1. The molecule has 0 unspecified atom stereocenters. The molecule has 0 saturated carbocycles. The fourth-order valence-electron chi connectivity index (χ4n) is 3.68. The summed E-state index contributed by atoms with van der Waals surface area (Å²) in [6.07, 6.45) is 0.